The highest BCUT2D eigenvalue weighted by Crippen LogP contribution is 2.35. The van der Waals surface area contributed by atoms with E-state index in [9.17, 15) is 18.0 Å². The summed E-state index contributed by atoms with van der Waals surface area (Å²) in [6.45, 7) is 7.16. The van der Waals surface area contributed by atoms with E-state index in [2.05, 4.69) is 5.32 Å². The highest BCUT2D eigenvalue weighted by atomic mass is 35.5. The second-order valence-electron chi connectivity index (χ2n) is 9.65. The van der Waals surface area contributed by atoms with Crippen LogP contribution < -0.4 is 9.62 Å². The number of nitrogens with zero attached hydrogens (tertiary/aromatic N) is 2. The molecular formula is C30H35Cl2N3O4S. The summed E-state index contributed by atoms with van der Waals surface area (Å²) in [5.74, 6) is -0.848. The Morgan fingerprint density at radius 2 is 1.60 bits per heavy atom. The lowest BCUT2D eigenvalue weighted by atomic mass is 10.1. The maximum absolute atomic E-state index is 14.1. The van der Waals surface area contributed by atoms with E-state index in [0.29, 0.717) is 6.42 Å². The Kier molecular flexibility index (Phi) is 11.0. The fourth-order valence-electron chi connectivity index (χ4n) is 4.29. The first-order chi connectivity index (χ1) is 19.0. The third kappa shape index (κ3) is 7.56. The van der Waals surface area contributed by atoms with E-state index in [1.807, 2.05) is 52.0 Å². The number of halogens is 2. The molecule has 2 atom stereocenters. The highest BCUT2D eigenvalue weighted by Gasteiger charge is 2.34. The maximum Gasteiger partial charge on any atom is 0.264 e. The summed E-state index contributed by atoms with van der Waals surface area (Å²) in [4.78, 5) is 28.9. The van der Waals surface area contributed by atoms with Crippen molar-refractivity contribution in [1.29, 1.82) is 0 Å². The van der Waals surface area contributed by atoms with Crippen LogP contribution in [0.5, 0.6) is 0 Å². The van der Waals surface area contributed by atoms with Gasteiger partial charge in [-0.2, -0.15) is 0 Å². The van der Waals surface area contributed by atoms with Crippen LogP contribution in [-0.4, -0.2) is 43.8 Å². The summed E-state index contributed by atoms with van der Waals surface area (Å²) < 4.78 is 28.7. The number of sulfonamides is 1. The van der Waals surface area contributed by atoms with Crippen LogP contribution in [0.4, 0.5) is 5.69 Å². The van der Waals surface area contributed by atoms with Gasteiger partial charge in [0.05, 0.1) is 20.6 Å². The predicted molar refractivity (Wildman–Crippen MR) is 161 cm³/mol. The van der Waals surface area contributed by atoms with Crippen molar-refractivity contribution in [3.8, 4) is 0 Å². The van der Waals surface area contributed by atoms with Gasteiger partial charge >= 0.3 is 0 Å². The summed E-state index contributed by atoms with van der Waals surface area (Å²) in [7, 11) is -4.23. The molecule has 3 aromatic carbocycles. The normalized spacial score (nSPS) is 12.8. The molecule has 7 nitrogen and oxygen atoms in total. The zero-order valence-corrected chi connectivity index (χ0v) is 25.4. The number of amides is 2. The van der Waals surface area contributed by atoms with E-state index in [4.69, 9.17) is 23.2 Å². The number of rotatable bonds is 12. The summed E-state index contributed by atoms with van der Waals surface area (Å²) in [6, 6.07) is 19.1. The Labute approximate surface area is 247 Å². The van der Waals surface area contributed by atoms with Gasteiger partial charge in [0.25, 0.3) is 10.0 Å². The number of hydrogen-bond donors (Lipinski definition) is 1. The Hall–Kier alpha value is -3.07. The SMILES string of the molecule is CC[C@H](C)NC(=O)[C@H](CC)N(Cc1cccc(C)c1)C(=O)CN(c1cccc(Cl)c1Cl)S(=O)(=O)c1ccccc1. The average Bonchev–Trinajstić information content (AvgIpc) is 2.93. The minimum Gasteiger partial charge on any atom is -0.352 e. The van der Waals surface area contributed by atoms with Crippen molar-refractivity contribution in [2.24, 2.45) is 0 Å². The van der Waals surface area contributed by atoms with Crippen molar-refractivity contribution < 1.29 is 18.0 Å². The molecule has 0 aliphatic heterocycles. The molecule has 40 heavy (non-hydrogen) atoms. The maximum atomic E-state index is 14.1. The third-order valence-electron chi connectivity index (χ3n) is 6.63. The molecule has 0 fully saturated rings. The molecule has 2 amide bonds. The smallest absolute Gasteiger partial charge is 0.264 e. The van der Waals surface area contributed by atoms with Crippen LogP contribution in [-0.2, 0) is 26.2 Å². The summed E-state index contributed by atoms with van der Waals surface area (Å²) in [5, 5.41) is 3.12. The zero-order valence-electron chi connectivity index (χ0n) is 23.1. The second-order valence-corrected chi connectivity index (χ2v) is 12.3. The van der Waals surface area contributed by atoms with Crippen molar-refractivity contribution in [2.75, 3.05) is 10.8 Å². The molecule has 0 radical (unpaired) electrons. The molecular weight excluding hydrogens is 569 g/mol. The molecule has 10 heteroatoms. The molecule has 0 saturated carbocycles. The number of aryl methyl sites for hydroxylation is 1. The number of anilines is 1. The Balaban J connectivity index is 2.09. The van der Waals surface area contributed by atoms with Gasteiger partial charge in [-0.3, -0.25) is 13.9 Å². The van der Waals surface area contributed by atoms with Crippen LogP contribution in [0.3, 0.4) is 0 Å². The first-order valence-electron chi connectivity index (χ1n) is 13.2. The van der Waals surface area contributed by atoms with Crippen molar-refractivity contribution in [1.82, 2.24) is 10.2 Å². The molecule has 0 aliphatic carbocycles. The van der Waals surface area contributed by atoms with E-state index in [0.717, 1.165) is 21.9 Å². The second kappa shape index (κ2) is 14.0. The van der Waals surface area contributed by atoms with Crippen LogP contribution in [0.15, 0.2) is 77.7 Å². The number of nitrogens with one attached hydrogen (secondary N) is 1. The Morgan fingerprint density at radius 3 is 2.23 bits per heavy atom. The van der Waals surface area contributed by atoms with Crippen molar-refractivity contribution in [3.63, 3.8) is 0 Å². The predicted octanol–water partition coefficient (Wildman–Crippen LogP) is 6.22. The summed E-state index contributed by atoms with van der Waals surface area (Å²) in [5.41, 5.74) is 1.89. The Bertz CT molecular complexity index is 1430. The minimum atomic E-state index is -4.23. The molecule has 3 rings (SSSR count). The quantitative estimate of drug-likeness (QED) is 0.266. The lowest BCUT2D eigenvalue weighted by Crippen LogP contribution is -2.53. The lowest BCUT2D eigenvalue weighted by molar-refractivity contribution is -0.140. The van der Waals surface area contributed by atoms with Gasteiger partial charge in [0, 0.05) is 12.6 Å². The Morgan fingerprint density at radius 1 is 0.925 bits per heavy atom. The van der Waals surface area contributed by atoms with Gasteiger partial charge in [-0.25, -0.2) is 8.42 Å². The molecule has 0 bridgehead atoms. The van der Waals surface area contributed by atoms with Crippen molar-refractivity contribution >= 4 is 50.7 Å². The minimum absolute atomic E-state index is 0.00302. The number of carbonyl (C=O) groups is 2. The molecule has 0 aromatic heterocycles. The summed E-state index contributed by atoms with van der Waals surface area (Å²) in [6.07, 6.45) is 1.06. The zero-order chi connectivity index (χ0) is 29.4. The molecule has 0 saturated heterocycles. The van der Waals surface area contributed by atoms with Crippen LogP contribution in [0.1, 0.15) is 44.7 Å². The van der Waals surface area contributed by atoms with Gasteiger partial charge in [-0.05, 0) is 56.5 Å². The van der Waals surface area contributed by atoms with Gasteiger partial charge in [0.15, 0.2) is 0 Å². The largest absolute Gasteiger partial charge is 0.352 e. The summed E-state index contributed by atoms with van der Waals surface area (Å²) >= 11 is 12.7. The number of hydrogen-bond acceptors (Lipinski definition) is 4. The van der Waals surface area contributed by atoms with Crippen molar-refractivity contribution in [3.05, 3.63) is 94.0 Å². The van der Waals surface area contributed by atoms with Gasteiger partial charge in [0.2, 0.25) is 11.8 Å². The molecule has 0 unspecified atom stereocenters. The van der Waals surface area contributed by atoms with E-state index in [1.165, 1.54) is 23.1 Å². The standard InChI is InChI=1S/C30H35Cl2N3O4S/c1-5-22(4)33-30(37)26(6-2)34(19-23-13-10-12-21(3)18-23)28(36)20-35(27-17-11-16-25(31)29(27)32)40(38,39)24-14-8-7-9-15-24/h7-18,22,26H,5-6,19-20H2,1-4H3,(H,33,37)/t22-,26-/m0/s1. The van der Waals surface area contributed by atoms with Gasteiger partial charge in [-0.1, -0.05) is 91.1 Å². The topological polar surface area (TPSA) is 86.8 Å². The van der Waals surface area contributed by atoms with Crippen LogP contribution in [0.25, 0.3) is 0 Å². The lowest BCUT2D eigenvalue weighted by Gasteiger charge is -2.34. The van der Waals surface area contributed by atoms with Crippen molar-refractivity contribution in [2.45, 2.75) is 64.1 Å². The first kappa shape index (κ1) is 31.5. The first-order valence-corrected chi connectivity index (χ1v) is 15.4. The molecule has 0 spiro atoms. The highest BCUT2D eigenvalue weighted by molar-refractivity contribution is 7.92. The number of benzene rings is 3. The van der Waals surface area contributed by atoms with E-state index >= 15 is 0 Å². The van der Waals surface area contributed by atoms with Gasteiger partial charge < -0.3 is 10.2 Å². The molecule has 214 valence electrons. The molecule has 0 aliphatic rings. The molecule has 1 N–H and O–H groups in total. The molecule has 0 heterocycles. The van der Waals surface area contributed by atoms with E-state index in [-0.39, 0.29) is 39.1 Å². The third-order valence-corrected chi connectivity index (χ3v) is 9.22. The van der Waals surface area contributed by atoms with E-state index < -0.39 is 28.5 Å². The van der Waals surface area contributed by atoms with Crippen LogP contribution in [0, 0.1) is 6.92 Å². The van der Waals surface area contributed by atoms with Crippen LogP contribution in [0.2, 0.25) is 10.0 Å². The monoisotopic (exact) mass is 603 g/mol. The molecule has 3 aromatic rings. The fraction of sp³-hybridized carbons (Fsp3) is 0.333. The van der Waals surface area contributed by atoms with Gasteiger partial charge in [-0.15, -0.1) is 0 Å². The van der Waals surface area contributed by atoms with E-state index in [1.54, 1.807) is 30.3 Å². The number of carbonyl (C=O) groups excluding carboxylic acids is 2. The van der Waals surface area contributed by atoms with Crippen LogP contribution >= 0.6 is 23.2 Å². The average molecular weight is 605 g/mol. The van der Waals surface area contributed by atoms with Gasteiger partial charge in [0.1, 0.15) is 12.6 Å². The fourth-order valence-corrected chi connectivity index (χ4v) is 6.18.